The fraction of sp³-hybridized carbons (Fsp3) is 0.308. The molecule has 2 aliphatic rings. The van der Waals surface area contributed by atoms with E-state index in [4.69, 9.17) is 0 Å². The van der Waals surface area contributed by atoms with Crippen molar-refractivity contribution in [2.75, 3.05) is 4.90 Å². The molecule has 1 spiro atoms. The number of halogens is 2. The minimum absolute atomic E-state index is 0.324. The average Bonchev–Trinajstić information content (AvgIpc) is 2.29. The highest BCUT2D eigenvalue weighted by Crippen LogP contribution is 2.45. The molecular weight excluding hydrogens is 270 g/mol. The summed E-state index contributed by atoms with van der Waals surface area (Å²) in [5.74, 6) is -3.23. The maximum atomic E-state index is 13.8. The molecule has 4 amide bonds. The third-order valence-corrected chi connectivity index (χ3v) is 3.83. The first-order valence-electron chi connectivity index (χ1n) is 6.11. The van der Waals surface area contributed by atoms with Crippen molar-refractivity contribution in [3.63, 3.8) is 0 Å². The number of urea groups is 1. The van der Waals surface area contributed by atoms with Gasteiger partial charge in [-0.1, -0.05) is 6.42 Å². The van der Waals surface area contributed by atoms with Gasteiger partial charge in [-0.3, -0.25) is 14.9 Å². The first-order chi connectivity index (χ1) is 9.45. The summed E-state index contributed by atoms with van der Waals surface area (Å²) in [6.45, 7) is 0. The zero-order valence-corrected chi connectivity index (χ0v) is 10.3. The van der Waals surface area contributed by atoms with Gasteiger partial charge in [-0.2, -0.15) is 0 Å². The second-order valence-electron chi connectivity index (χ2n) is 4.93. The number of nitrogens with one attached hydrogen (secondary N) is 1. The van der Waals surface area contributed by atoms with Gasteiger partial charge in [-0.25, -0.2) is 18.5 Å². The van der Waals surface area contributed by atoms with Crippen LogP contribution in [-0.4, -0.2) is 17.8 Å². The van der Waals surface area contributed by atoms with Crippen molar-refractivity contribution in [3.8, 4) is 0 Å². The molecule has 3 rings (SSSR count). The number of rotatable bonds is 1. The highest BCUT2D eigenvalue weighted by molar-refractivity contribution is 6.30. The number of hydrogen-bond donors (Lipinski definition) is 1. The van der Waals surface area contributed by atoms with Crippen LogP contribution in [0.2, 0.25) is 0 Å². The zero-order chi connectivity index (χ0) is 14.5. The number of nitrogens with zero attached hydrogens (tertiary/aromatic N) is 1. The predicted octanol–water partition coefficient (Wildman–Crippen LogP) is 1.72. The summed E-state index contributed by atoms with van der Waals surface area (Å²) in [4.78, 5) is 36.5. The monoisotopic (exact) mass is 280 g/mol. The number of imide groups is 2. The normalized spacial score (nSPS) is 20.9. The second-order valence-corrected chi connectivity index (χ2v) is 4.93. The van der Waals surface area contributed by atoms with Crippen LogP contribution in [0.5, 0.6) is 0 Å². The summed E-state index contributed by atoms with van der Waals surface area (Å²) in [6, 6.07) is 1.52. The van der Waals surface area contributed by atoms with Crippen molar-refractivity contribution in [2.45, 2.75) is 19.3 Å². The molecule has 7 heteroatoms. The molecule has 1 heterocycles. The van der Waals surface area contributed by atoms with E-state index in [-0.39, 0.29) is 5.69 Å². The van der Waals surface area contributed by atoms with E-state index in [2.05, 4.69) is 5.32 Å². The van der Waals surface area contributed by atoms with Gasteiger partial charge in [0.15, 0.2) is 0 Å². The maximum absolute atomic E-state index is 13.8. The highest BCUT2D eigenvalue weighted by Gasteiger charge is 2.57. The van der Waals surface area contributed by atoms with Crippen LogP contribution < -0.4 is 10.2 Å². The van der Waals surface area contributed by atoms with Crippen molar-refractivity contribution in [2.24, 2.45) is 5.41 Å². The Bertz CT molecular complexity index is 641. The lowest BCUT2D eigenvalue weighted by molar-refractivity contribution is -0.148. The van der Waals surface area contributed by atoms with Crippen LogP contribution >= 0.6 is 0 Å². The summed E-state index contributed by atoms with van der Waals surface area (Å²) >= 11 is 0. The lowest BCUT2D eigenvalue weighted by Gasteiger charge is -2.44. The van der Waals surface area contributed by atoms with E-state index in [1.165, 1.54) is 0 Å². The molecule has 0 aromatic heterocycles. The van der Waals surface area contributed by atoms with Gasteiger partial charge in [0, 0.05) is 6.07 Å². The van der Waals surface area contributed by atoms with E-state index in [1.807, 2.05) is 0 Å². The lowest BCUT2D eigenvalue weighted by Crippen LogP contribution is -2.66. The van der Waals surface area contributed by atoms with Gasteiger partial charge in [0.25, 0.3) is 5.91 Å². The van der Waals surface area contributed by atoms with E-state index >= 15 is 0 Å². The van der Waals surface area contributed by atoms with Crippen LogP contribution in [0.4, 0.5) is 19.3 Å². The smallest absolute Gasteiger partial charge is 0.276 e. The Morgan fingerprint density at radius 1 is 1.15 bits per heavy atom. The first kappa shape index (κ1) is 12.7. The van der Waals surface area contributed by atoms with Crippen LogP contribution in [0.1, 0.15) is 19.3 Å². The topological polar surface area (TPSA) is 66.5 Å². The Hall–Kier alpha value is -2.31. The highest BCUT2D eigenvalue weighted by atomic mass is 19.1. The summed E-state index contributed by atoms with van der Waals surface area (Å²) in [7, 11) is 0. The van der Waals surface area contributed by atoms with E-state index in [0.717, 1.165) is 12.1 Å². The minimum Gasteiger partial charge on any atom is -0.276 e. The molecule has 0 bridgehead atoms. The number of carbonyl (C=O) groups is 3. The molecule has 2 fully saturated rings. The van der Waals surface area contributed by atoms with Gasteiger partial charge in [-0.15, -0.1) is 0 Å². The number of barbiturate groups is 1. The molecule has 5 nitrogen and oxygen atoms in total. The molecule has 1 aliphatic carbocycles. The SMILES string of the molecule is O=C1NC(=O)C2(CCC2)C(=O)N1c1ccc(F)cc1F. The zero-order valence-electron chi connectivity index (χ0n) is 10.3. The summed E-state index contributed by atoms with van der Waals surface area (Å²) < 4.78 is 26.7. The van der Waals surface area contributed by atoms with E-state index < -0.39 is 34.9 Å². The Morgan fingerprint density at radius 3 is 2.40 bits per heavy atom. The fourth-order valence-electron chi connectivity index (χ4n) is 2.53. The van der Waals surface area contributed by atoms with Crippen molar-refractivity contribution < 1.29 is 23.2 Å². The van der Waals surface area contributed by atoms with E-state index in [0.29, 0.717) is 30.2 Å². The van der Waals surface area contributed by atoms with Crippen LogP contribution in [-0.2, 0) is 9.59 Å². The standard InChI is InChI=1S/C13H10F2N2O3/c14-7-2-3-9(8(15)6-7)17-11(19)13(4-1-5-13)10(18)16-12(17)20/h2-3,6H,1,4-5H2,(H,16,18,20). The summed E-state index contributed by atoms with van der Waals surface area (Å²) in [5.41, 5.74) is -1.64. The van der Waals surface area contributed by atoms with E-state index in [1.54, 1.807) is 0 Å². The fourth-order valence-corrected chi connectivity index (χ4v) is 2.53. The van der Waals surface area contributed by atoms with Crippen LogP contribution in [0.25, 0.3) is 0 Å². The van der Waals surface area contributed by atoms with Crippen LogP contribution in [0.15, 0.2) is 18.2 Å². The van der Waals surface area contributed by atoms with Crippen molar-refractivity contribution in [1.82, 2.24) is 5.32 Å². The van der Waals surface area contributed by atoms with Gasteiger partial charge in [0.1, 0.15) is 17.0 Å². The molecule has 1 N–H and O–H groups in total. The Morgan fingerprint density at radius 2 is 1.85 bits per heavy atom. The predicted molar refractivity (Wildman–Crippen MR) is 63.7 cm³/mol. The van der Waals surface area contributed by atoms with Crippen molar-refractivity contribution >= 4 is 23.5 Å². The number of anilines is 1. The molecule has 0 radical (unpaired) electrons. The van der Waals surface area contributed by atoms with E-state index in [9.17, 15) is 23.2 Å². The quantitative estimate of drug-likeness (QED) is 0.796. The Balaban J connectivity index is 2.05. The molecule has 1 aromatic rings. The van der Waals surface area contributed by atoms with Crippen LogP contribution in [0, 0.1) is 17.0 Å². The maximum Gasteiger partial charge on any atom is 0.335 e. The number of hydrogen-bond acceptors (Lipinski definition) is 3. The van der Waals surface area contributed by atoms with Gasteiger partial charge < -0.3 is 0 Å². The summed E-state index contributed by atoms with van der Waals surface area (Å²) in [6.07, 6.45) is 1.33. The van der Waals surface area contributed by atoms with Gasteiger partial charge in [0.2, 0.25) is 5.91 Å². The molecule has 1 aliphatic heterocycles. The largest absolute Gasteiger partial charge is 0.335 e. The molecule has 20 heavy (non-hydrogen) atoms. The van der Waals surface area contributed by atoms with Gasteiger partial charge in [-0.05, 0) is 25.0 Å². The third kappa shape index (κ3) is 1.55. The lowest BCUT2D eigenvalue weighted by atomic mass is 9.66. The Labute approximate surface area is 112 Å². The molecule has 104 valence electrons. The van der Waals surface area contributed by atoms with Crippen molar-refractivity contribution in [1.29, 1.82) is 0 Å². The van der Waals surface area contributed by atoms with Crippen LogP contribution in [0.3, 0.4) is 0 Å². The minimum atomic E-state index is -1.28. The average molecular weight is 280 g/mol. The molecular formula is C13H10F2N2O3. The molecule has 0 atom stereocenters. The number of benzene rings is 1. The summed E-state index contributed by atoms with van der Waals surface area (Å²) in [5, 5.41) is 2.06. The van der Waals surface area contributed by atoms with Gasteiger partial charge in [0.05, 0.1) is 5.69 Å². The first-order valence-corrected chi connectivity index (χ1v) is 6.11. The molecule has 1 saturated carbocycles. The molecule has 0 unspecified atom stereocenters. The number of carbonyl (C=O) groups excluding carboxylic acids is 3. The number of amides is 4. The van der Waals surface area contributed by atoms with Crippen molar-refractivity contribution in [3.05, 3.63) is 29.8 Å². The molecule has 1 saturated heterocycles. The van der Waals surface area contributed by atoms with Gasteiger partial charge >= 0.3 is 6.03 Å². The molecule has 1 aromatic carbocycles. The Kier molecular flexibility index (Phi) is 2.60. The second kappa shape index (κ2) is 4.09. The third-order valence-electron chi connectivity index (χ3n) is 3.83.